The van der Waals surface area contributed by atoms with Gasteiger partial charge in [-0.05, 0) is 58.4 Å². The lowest BCUT2D eigenvalue weighted by molar-refractivity contribution is -0.197. The number of nitrogens with zero attached hydrogens (tertiary/aromatic N) is 4. The quantitative estimate of drug-likeness (QED) is 0.373. The average Bonchev–Trinajstić information content (AvgIpc) is 3.24. The molecule has 0 atom stereocenters. The molecule has 0 radical (unpaired) electrons. The molecule has 2 aromatic rings. The Balaban J connectivity index is 1.56. The van der Waals surface area contributed by atoms with Gasteiger partial charge in [-0.2, -0.15) is 0 Å². The molecule has 0 N–H and O–H groups in total. The van der Waals surface area contributed by atoms with E-state index in [0.29, 0.717) is 27.9 Å². The number of amides is 3. The van der Waals surface area contributed by atoms with Crippen molar-refractivity contribution in [3.05, 3.63) is 36.4 Å². The lowest BCUT2D eigenvalue weighted by Crippen LogP contribution is -2.32. The highest BCUT2D eigenvalue weighted by atomic mass is 16.7. The number of hydrogen-bond donors (Lipinski definition) is 0. The number of carbonyl (C=O) groups excluding carboxylic acids is 4. The first kappa shape index (κ1) is 27.9. The van der Waals surface area contributed by atoms with Gasteiger partial charge in [0.15, 0.2) is 11.5 Å². The molecule has 2 heterocycles. The van der Waals surface area contributed by atoms with Crippen LogP contribution in [0.25, 0.3) is 0 Å². The number of benzene rings is 2. The maximum atomic E-state index is 13.6. The summed E-state index contributed by atoms with van der Waals surface area (Å²) in [5, 5.41) is 0.527. The van der Waals surface area contributed by atoms with Crippen LogP contribution in [-0.2, 0) is 24.0 Å². The molecule has 39 heavy (non-hydrogen) atoms. The molecule has 2 aliphatic rings. The predicted octanol–water partition coefficient (Wildman–Crippen LogP) is 4.93. The molecule has 0 spiro atoms. The van der Waals surface area contributed by atoms with Crippen molar-refractivity contribution in [1.29, 1.82) is 0 Å². The van der Waals surface area contributed by atoms with Crippen LogP contribution in [0.4, 0.5) is 22.7 Å². The van der Waals surface area contributed by atoms with Crippen LogP contribution < -0.4 is 19.4 Å². The molecule has 0 aliphatic carbocycles. The Labute approximate surface area is 229 Å². The Morgan fingerprint density at radius 2 is 1.28 bits per heavy atom. The van der Waals surface area contributed by atoms with E-state index in [2.05, 4.69) is 37.5 Å². The number of fused-ring (bicyclic) bond motifs is 2. The van der Waals surface area contributed by atoms with Crippen LogP contribution in [-0.4, -0.2) is 54.9 Å². The highest BCUT2D eigenvalue weighted by Crippen LogP contribution is 2.49. The number of imide groups is 1. The Hall–Kier alpha value is -4.08. The van der Waals surface area contributed by atoms with Crippen molar-refractivity contribution in [1.82, 2.24) is 5.06 Å². The molecule has 4 rings (SSSR count). The van der Waals surface area contributed by atoms with E-state index in [1.807, 2.05) is 36.4 Å². The largest absolute Gasteiger partial charge is 0.453 e. The Kier molecular flexibility index (Phi) is 8.73. The standard InChI is InChI=1S/C29H36N4O6/c1-5-30(6-2)20-12-14-22-24(18-20)38-25-19-21(31(7-3)8-4)13-15-23(25)32(22)26(34)10-9-11-29(37)39-33-27(35)16-17-28(33)36/h12-15,18-19H,5-11,16-17H2,1-4H3. The fraction of sp³-hybridized carbons (Fsp3) is 0.448. The summed E-state index contributed by atoms with van der Waals surface area (Å²) >= 11 is 0. The zero-order chi connectivity index (χ0) is 28.1. The molecule has 10 heteroatoms. The molecule has 0 unspecified atom stereocenters. The highest BCUT2D eigenvalue weighted by molar-refractivity contribution is 6.05. The maximum Gasteiger partial charge on any atom is 0.333 e. The minimum atomic E-state index is -0.720. The summed E-state index contributed by atoms with van der Waals surface area (Å²) in [6.07, 6.45) is 0.226. The van der Waals surface area contributed by atoms with Crippen LogP contribution in [0.1, 0.15) is 59.8 Å². The molecule has 1 fully saturated rings. The van der Waals surface area contributed by atoms with E-state index in [9.17, 15) is 19.2 Å². The van der Waals surface area contributed by atoms with Crippen molar-refractivity contribution in [2.24, 2.45) is 0 Å². The van der Waals surface area contributed by atoms with Crippen molar-refractivity contribution in [3.8, 4) is 11.5 Å². The van der Waals surface area contributed by atoms with Gasteiger partial charge in [-0.25, -0.2) is 4.79 Å². The van der Waals surface area contributed by atoms with E-state index < -0.39 is 17.8 Å². The number of anilines is 4. The predicted molar refractivity (Wildman–Crippen MR) is 148 cm³/mol. The number of hydroxylamine groups is 2. The average molecular weight is 537 g/mol. The second kappa shape index (κ2) is 12.2. The number of rotatable bonds is 11. The molecule has 3 amide bonds. The summed E-state index contributed by atoms with van der Waals surface area (Å²) < 4.78 is 6.36. The smallest absolute Gasteiger partial charge is 0.333 e. The van der Waals surface area contributed by atoms with E-state index in [4.69, 9.17) is 9.57 Å². The van der Waals surface area contributed by atoms with Crippen LogP contribution in [0.15, 0.2) is 36.4 Å². The van der Waals surface area contributed by atoms with Crippen molar-refractivity contribution in [2.75, 3.05) is 40.9 Å². The van der Waals surface area contributed by atoms with Crippen molar-refractivity contribution in [2.45, 2.75) is 59.8 Å². The number of carbonyl (C=O) groups is 4. The summed E-state index contributed by atoms with van der Waals surface area (Å²) in [4.78, 5) is 60.2. The molecule has 1 saturated heterocycles. The van der Waals surface area contributed by atoms with Crippen LogP contribution in [0.2, 0.25) is 0 Å². The minimum absolute atomic E-state index is 0.0341. The van der Waals surface area contributed by atoms with Crippen molar-refractivity contribution >= 4 is 46.4 Å². The van der Waals surface area contributed by atoms with Gasteiger partial charge < -0.3 is 19.4 Å². The number of hydrogen-bond acceptors (Lipinski definition) is 8. The minimum Gasteiger partial charge on any atom is -0.453 e. The molecular formula is C29H36N4O6. The molecule has 2 aromatic carbocycles. The van der Waals surface area contributed by atoms with E-state index in [0.717, 1.165) is 37.6 Å². The van der Waals surface area contributed by atoms with Gasteiger partial charge in [0, 0.05) is 75.4 Å². The van der Waals surface area contributed by atoms with Gasteiger partial charge in [-0.3, -0.25) is 19.3 Å². The second-order valence-corrected chi connectivity index (χ2v) is 9.38. The third-order valence-electron chi connectivity index (χ3n) is 7.07. The van der Waals surface area contributed by atoms with Crippen molar-refractivity contribution < 1.29 is 28.8 Å². The summed E-state index contributed by atoms with van der Waals surface area (Å²) in [5.74, 6) is -0.807. The molecule has 2 aliphatic heterocycles. The molecule has 0 aromatic heterocycles. The summed E-state index contributed by atoms with van der Waals surface area (Å²) in [6.45, 7) is 11.7. The zero-order valence-electron chi connectivity index (χ0n) is 23.1. The van der Waals surface area contributed by atoms with E-state index in [1.54, 1.807) is 4.90 Å². The SMILES string of the molecule is CCN(CC)c1ccc2c(c1)Oc1cc(N(CC)CC)ccc1N2C(=O)CCCC(=O)ON1C(=O)CCC1=O. The molecule has 0 saturated carbocycles. The van der Waals surface area contributed by atoms with Gasteiger partial charge in [0.1, 0.15) is 0 Å². The Morgan fingerprint density at radius 3 is 1.74 bits per heavy atom. The highest BCUT2D eigenvalue weighted by Gasteiger charge is 2.33. The van der Waals surface area contributed by atoms with Gasteiger partial charge in [-0.1, -0.05) is 0 Å². The Bertz CT molecular complexity index is 1180. The fourth-order valence-corrected chi connectivity index (χ4v) is 4.93. The van der Waals surface area contributed by atoms with Crippen LogP contribution >= 0.6 is 0 Å². The lowest BCUT2D eigenvalue weighted by atomic mass is 10.1. The van der Waals surface area contributed by atoms with Gasteiger partial charge in [-0.15, -0.1) is 5.06 Å². The summed E-state index contributed by atoms with van der Waals surface area (Å²) in [5.41, 5.74) is 3.27. The lowest BCUT2D eigenvalue weighted by Gasteiger charge is -2.33. The van der Waals surface area contributed by atoms with Gasteiger partial charge >= 0.3 is 5.97 Å². The molecule has 208 valence electrons. The van der Waals surface area contributed by atoms with Crippen LogP contribution in [0, 0.1) is 0 Å². The second-order valence-electron chi connectivity index (χ2n) is 9.38. The summed E-state index contributed by atoms with van der Waals surface area (Å²) in [6, 6.07) is 11.6. The first-order chi connectivity index (χ1) is 18.8. The first-order valence-corrected chi connectivity index (χ1v) is 13.7. The van der Waals surface area contributed by atoms with Crippen molar-refractivity contribution in [3.63, 3.8) is 0 Å². The first-order valence-electron chi connectivity index (χ1n) is 13.7. The maximum absolute atomic E-state index is 13.6. The monoisotopic (exact) mass is 536 g/mol. The normalized spacial score (nSPS) is 14.1. The zero-order valence-corrected chi connectivity index (χ0v) is 23.1. The topological polar surface area (TPSA) is 99.7 Å². The Morgan fingerprint density at radius 1 is 0.795 bits per heavy atom. The molecule has 0 bridgehead atoms. The van der Waals surface area contributed by atoms with Crippen LogP contribution in [0.3, 0.4) is 0 Å². The van der Waals surface area contributed by atoms with E-state index in [1.165, 1.54) is 0 Å². The van der Waals surface area contributed by atoms with Gasteiger partial charge in [0.2, 0.25) is 5.91 Å². The summed E-state index contributed by atoms with van der Waals surface area (Å²) in [7, 11) is 0. The molecule has 10 nitrogen and oxygen atoms in total. The number of ether oxygens (including phenoxy) is 1. The van der Waals surface area contributed by atoms with Gasteiger partial charge in [0.25, 0.3) is 11.8 Å². The fourth-order valence-electron chi connectivity index (χ4n) is 4.93. The third kappa shape index (κ3) is 5.84. The van der Waals surface area contributed by atoms with E-state index >= 15 is 0 Å². The van der Waals surface area contributed by atoms with Gasteiger partial charge in [0.05, 0.1) is 11.4 Å². The van der Waals surface area contributed by atoms with Crippen LogP contribution in [0.5, 0.6) is 11.5 Å². The molecular weight excluding hydrogens is 500 g/mol. The van der Waals surface area contributed by atoms with E-state index in [-0.39, 0.29) is 38.0 Å². The third-order valence-corrected chi connectivity index (χ3v) is 7.07.